The first-order chi connectivity index (χ1) is 15.7. The van der Waals surface area contributed by atoms with E-state index in [9.17, 15) is 18.0 Å². The molecule has 1 aliphatic heterocycles. The molecule has 1 fully saturated rings. The zero-order valence-electron chi connectivity index (χ0n) is 18.3. The Morgan fingerprint density at radius 2 is 1.88 bits per heavy atom. The third kappa shape index (κ3) is 3.84. The molecule has 0 N–H and O–H groups in total. The summed E-state index contributed by atoms with van der Waals surface area (Å²) >= 11 is 0. The second-order valence-electron chi connectivity index (χ2n) is 8.59. The van der Waals surface area contributed by atoms with Gasteiger partial charge in [-0.25, -0.2) is 13.2 Å². The number of amides is 1. The van der Waals surface area contributed by atoms with Gasteiger partial charge in [0.15, 0.2) is 9.84 Å². The normalized spacial score (nSPS) is 17.6. The smallest absolute Gasteiger partial charge is 0.340 e. The van der Waals surface area contributed by atoms with Crippen molar-refractivity contribution < 1.29 is 22.0 Å². The fourth-order valence-electron chi connectivity index (χ4n) is 4.52. The average Bonchev–Trinajstić information content (AvgIpc) is 3.37. The number of sulfone groups is 1. The molecule has 2 aromatic heterocycles. The number of hydrogen-bond acceptors (Lipinski definition) is 6. The van der Waals surface area contributed by atoms with E-state index in [0.29, 0.717) is 23.2 Å². The van der Waals surface area contributed by atoms with E-state index in [4.69, 9.17) is 8.83 Å². The maximum atomic E-state index is 12.9. The van der Waals surface area contributed by atoms with Crippen LogP contribution >= 0.6 is 0 Å². The number of hydrogen-bond donors (Lipinski definition) is 0. The molecule has 7 nitrogen and oxygen atoms in total. The van der Waals surface area contributed by atoms with Gasteiger partial charge < -0.3 is 13.7 Å². The first-order valence-corrected chi connectivity index (χ1v) is 12.5. The van der Waals surface area contributed by atoms with Crippen molar-refractivity contribution in [3.8, 4) is 11.1 Å². The number of nitrogens with zero attached hydrogens (tertiary/aromatic N) is 1. The SMILES string of the molecule is Cc1c(CC(=O)N(C)[C@@H]2CCS(=O)(=O)C2)c(=O)oc2cc3occ(-c4ccccc4)c3cc12. The minimum Gasteiger partial charge on any atom is -0.464 e. The van der Waals surface area contributed by atoms with Crippen molar-refractivity contribution in [1.82, 2.24) is 4.90 Å². The summed E-state index contributed by atoms with van der Waals surface area (Å²) in [6.45, 7) is 1.80. The molecule has 0 spiro atoms. The highest BCUT2D eigenvalue weighted by molar-refractivity contribution is 7.91. The van der Waals surface area contributed by atoms with E-state index in [2.05, 4.69) is 0 Å². The molecule has 1 amide bonds. The van der Waals surface area contributed by atoms with Crippen LogP contribution in [-0.4, -0.2) is 43.8 Å². The van der Waals surface area contributed by atoms with Gasteiger partial charge in [0.2, 0.25) is 5.91 Å². The largest absolute Gasteiger partial charge is 0.464 e. The minimum absolute atomic E-state index is 0.0404. The molecule has 1 aliphatic rings. The lowest BCUT2D eigenvalue weighted by atomic mass is 9.99. The van der Waals surface area contributed by atoms with Gasteiger partial charge in [-0.2, -0.15) is 0 Å². The van der Waals surface area contributed by atoms with Crippen LogP contribution in [0.3, 0.4) is 0 Å². The van der Waals surface area contributed by atoms with E-state index < -0.39 is 15.5 Å². The molecular formula is C25H23NO6S. The van der Waals surface area contributed by atoms with E-state index in [0.717, 1.165) is 21.9 Å². The third-order valence-corrected chi connectivity index (χ3v) is 8.29. The van der Waals surface area contributed by atoms with Crippen LogP contribution in [0.4, 0.5) is 0 Å². The minimum atomic E-state index is -3.12. The van der Waals surface area contributed by atoms with E-state index >= 15 is 0 Å². The Hall–Kier alpha value is -3.39. The number of carbonyl (C=O) groups is 1. The average molecular weight is 466 g/mol. The van der Waals surface area contributed by atoms with Crippen molar-refractivity contribution in [3.63, 3.8) is 0 Å². The zero-order chi connectivity index (χ0) is 23.3. The molecule has 4 aromatic rings. The molecule has 170 valence electrons. The highest BCUT2D eigenvalue weighted by Crippen LogP contribution is 2.34. The van der Waals surface area contributed by atoms with Crippen molar-refractivity contribution >= 4 is 37.7 Å². The van der Waals surface area contributed by atoms with Crippen LogP contribution in [0.5, 0.6) is 0 Å². The third-order valence-electron chi connectivity index (χ3n) is 6.54. The molecule has 0 unspecified atom stereocenters. The lowest BCUT2D eigenvalue weighted by Crippen LogP contribution is -2.39. The second kappa shape index (κ2) is 7.88. The topological polar surface area (TPSA) is 97.8 Å². The number of rotatable bonds is 4. The summed E-state index contributed by atoms with van der Waals surface area (Å²) in [6.07, 6.45) is 1.95. The Kier molecular flexibility index (Phi) is 5.12. The van der Waals surface area contributed by atoms with Crippen molar-refractivity contribution in [2.24, 2.45) is 0 Å². The lowest BCUT2D eigenvalue weighted by molar-refractivity contribution is -0.130. The number of benzene rings is 2. The van der Waals surface area contributed by atoms with Gasteiger partial charge in [0, 0.05) is 35.5 Å². The van der Waals surface area contributed by atoms with Gasteiger partial charge in [0.1, 0.15) is 11.2 Å². The van der Waals surface area contributed by atoms with E-state index in [1.54, 1.807) is 26.3 Å². The van der Waals surface area contributed by atoms with E-state index in [1.165, 1.54) is 4.90 Å². The Bertz CT molecular complexity index is 1550. The molecular weight excluding hydrogens is 442 g/mol. The Labute approximate surface area is 190 Å². The highest BCUT2D eigenvalue weighted by Gasteiger charge is 2.33. The quantitative estimate of drug-likeness (QED) is 0.426. The van der Waals surface area contributed by atoms with Crippen LogP contribution < -0.4 is 5.63 Å². The maximum Gasteiger partial charge on any atom is 0.340 e. The maximum absolute atomic E-state index is 12.9. The summed E-state index contributed by atoms with van der Waals surface area (Å²) in [6, 6.07) is 13.1. The van der Waals surface area contributed by atoms with Gasteiger partial charge in [-0.1, -0.05) is 30.3 Å². The Balaban J connectivity index is 1.54. The van der Waals surface area contributed by atoms with Gasteiger partial charge in [-0.3, -0.25) is 4.79 Å². The molecule has 0 radical (unpaired) electrons. The fraction of sp³-hybridized carbons (Fsp3) is 0.280. The molecule has 1 saturated heterocycles. The Morgan fingerprint density at radius 1 is 1.12 bits per heavy atom. The molecule has 0 saturated carbocycles. The molecule has 1 atom stereocenters. The predicted molar refractivity (Wildman–Crippen MR) is 126 cm³/mol. The molecule has 8 heteroatoms. The summed E-state index contributed by atoms with van der Waals surface area (Å²) in [7, 11) is -1.53. The van der Waals surface area contributed by atoms with Crippen LogP contribution in [-0.2, 0) is 21.1 Å². The first kappa shape index (κ1) is 21.5. The summed E-state index contributed by atoms with van der Waals surface area (Å²) in [5, 5.41) is 1.62. The van der Waals surface area contributed by atoms with Crippen molar-refractivity contribution in [2.75, 3.05) is 18.6 Å². The van der Waals surface area contributed by atoms with Gasteiger partial charge in [-0.05, 0) is 30.5 Å². The lowest BCUT2D eigenvalue weighted by Gasteiger charge is -2.23. The Morgan fingerprint density at radius 3 is 2.58 bits per heavy atom. The molecule has 33 heavy (non-hydrogen) atoms. The summed E-state index contributed by atoms with van der Waals surface area (Å²) < 4.78 is 34.8. The second-order valence-corrected chi connectivity index (χ2v) is 10.8. The van der Waals surface area contributed by atoms with E-state index in [1.807, 2.05) is 36.4 Å². The molecule has 5 rings (SSSR count). The van der Waals surface area contributed by atoms with Crippen LogP contribution in [0.25, 0.3) is 33.1 Å². The standard InChI is InChI=1S/C25H23NO6S/c1-15-18-10-20-21(16-6-4-3-5-7-16)13-31-22(20)12-23(18)32-25(28)19(15)11-24(27)26(2)17-8-9-33(29,30)14-17/h3-7,10,12-13,17H,8-9,11,14H2,1-2H3/t17-/m1/s1. The van der Waals surface area contributed by atoms with Crippen molar-refractivity contribution in [3.05, 3.63) is 70.3 Å². The van der Waals surface area contributed by atoms with Crippen LogP contribution in [0, 0.1) is 6.92 Å². The summed E-state index contributed by atoms with van der Waals surface area (Å²) in [5.41, 5.74) is 3.32. The van der Waals surface area contributed by atoms with Crippen molar-refractivity contribution in [1.29, 1.82) is 0 Å². The fourth-order valence-corrected chi connectivity index (χ4v) is 6.29. The van der Waals surface area contributed by atoms with Crippen LogP contribution in [0.2, 0.25) is 0 Å². The number of carbonyl (C=O) groups excluding carboxylic acids is 1. The monoisotopic (exact) mass is 465 g/mol. The summed E-state index contributed by atoms with van der Waals surface area (Å²) in [5.74, 6) is -0.265. The van der Waals surface area contributed by atoms with Gasteiger partial charge in [0.25, 0.3) is 0 Å². The summed E-state index contributed by atoms with van der Waals surface area (Å²) in [4.78, 5) is 27.1. The van der Waals surface area contributed by atoms with Gasteiger partial charge in [-0.15, -0.1) is 0 Å². The van der Waals surface area contributed by atoms with Gasteiger partial charge >= 0.3 is 5.63 Å². The van der Waals surface area contributed by atoms with Crippen LogP contribution in [0.15, 0.2) is 62.4 Å². The number of aryl methyl sites for hydroxylation is 1. The predicted octanol–water partition coefficient (Wildman–Crippen LogP) is 3.70. The highest BCUT2D eigenvalue weighted by atomic mass is 32.2. The van der Waals surface area contributed by atoms with Crippen molar-refractivity contribution in [2.45, 2.75) is 25.8 Å². The van der Waals surface area contributed by atoms with Gasteiger partial charge in [0.05, 0.1) is 29.8 Å². The molecule has 3 heterocycles. The van der Waals surface area contributed by atoms with E-state index in [-0.39, 0.29) is 35.4 Å². The van der Waals surface area contributed by atoms with Crippen LogP contribution in [0.1, 0.15) is 17.5 Å². The molecule has 0 aliphatic carbocycles. The zero-order valence-corrected chi connectivity index (χ0v) is 19.1. The first-order valence-electron chi connectivity index (χ1n) is 10.7. The number of likely N-dealkylation sites (N-methyl/N-ethyl adjacent to an activating group) is 1. The number of furan rings is 1. The molecule has 2 aromatic carbocycles. The number of fused-ring (bicyclic) bond motifs is 2. The molecule has 0 bridgehead atoms.